The molecule has 5 nitrogen and oxygen atoms in total. The third kappa shape index (κ3) is 3.32. The smallest absolute Gasteiger partial charge is 0.215 e. The standard InChI is InChI=1S/C22H17Br2N3O2/c1-28-16-6-4-13(5-7-16)19-11-20-17-9-15(23)10-18(24)21(17)29-22(27(20)26-19)14-3-2-8-25-12-14/h2-10,12,20,22H,11H2,1H3/t20-,22+/m1/s1. The fraction of sp³-hybridized carbons (Fsp3) is 0.182. The highest BCUT2D eigenvalue weighted by Gasteiger charge is 2.42. The van der Waals surface area contributed by atoms with E-state index >= 15 is 0 Å². The molecule has 0 aliphatic carbocycles. The van der Waals surface area contributed by atoms with Crippen LogP contribution in [-0.4, -0.2) is 22.8 Å². The van der Waals surface area contributed by atoms with E-state index in [1.54, 1.807) is 13.3 Å². The normalized spacial score (nSPS) is 19.8. The van der Waals surface area contributed by atoms with E-state index in [-0.39, 0.29) is 12.3 Å². The van der Waals surface area contributed by atoms with Crippen LogP contribution >= 0.6 is 31.9 Å². The van der Waals surface area contributed by atoms with E-state index in [1.165, 1.54) is 0 Å². The van der Waals surface area contributed by atoms with Gasteiger partial charge >= 0.3 is 0 Å². The van der Waals surface area contributed by atoms with Crippen LogP contribution in [0.15, 0.2) is 75.0 Å². The molecule has 0 unspecified atom stereocenters. The molecule has 0 fully saturated rings. The summed E-state index contributed by atoms with van der Waals surface area (Å²) in [5, 5.41) is 7.03. The molecule has 2 aromatic carbocycles. The number of halogens is 2. The van der Waals surface area contributed by atoms with Gasteiger partial charge in [-0.15, -0.1) is 0 Å². The Balaban J connectivity index is 1.60. The minimum absolute atomic E-state index is 0.0786. The summed E-state index contributed by atoms with van der Waals surface area (Å²) in [5.74, 6) is 1.69. The van der Waals surface area contributed by atoms with Crippen molar-refractivity contribution in [1.29, 1.82) is 0 Å². The Labute approximate surface area is 185 Å². The molecule has 0 bridgehead atoms. The van der Waals surface area contributed by atoms with Crippen LogP contribution in [0.5, 0.6) is 11.5 Å². The molecule has 0 radical (unpaired) electrons. The van der Waals surface area contributed by atoms with E-state index in [4.69, 9.17) is 14.6 Å². The molecule has 0 saturated heterocycles. The van der Waals surface area contributed by atoms with Gasteiger partial charge in [0.1, 0.15) is 11.5 Å². The van der Waals surface area contributed by atoms with Crippen LogP contribution in [0.1, 0.15) is 35.4 Å². The van der Waals surface area contributed by atoms with Crippen molar-refractivity contribution in [3.05, 3.63) is 86.6 Å². The second kappa shape index (κ2) is 7.46. The van der Waals surface area contributed by atoms with Crippen LogP contribution in [0.2, 0.25) is 0 Å². The van der Waals surface area contributed by atoms with Crippen molar-refractivity contribution in [2.75, 3.05) is 7.11 Å². The van der Waals surface area contributed by atoms with Crippen molar-refractivity contribution >= 4 is 37.6 Å². The van der Waals surface area contributed by atoms with Crippen molar-refractivity contribution in [2.24, 2.45) is 5.10 Å². The second-order valence-electron chi connectivity index (χ2n) is 6.94. The summed E-state index contributed by atoms with van der Waals surface area (Å²) in [6.07, 6.45) is 4.05. The maximum Gasteiger partial charge on any atom is 0.215 e. The molecular weight excluding hydrogens is 498 g/mol. The molecule has 7 heteroatoms. The molecule has 0 amide bonds. The monoisotopic (exact) mass is 513 g/mol. The van der Waals surface area contributed by atoms with Crippen molar-refractivity contribution in [2.45, 2.75) is 18.7 Å². The minimum Gasteiger partial charge on any atom is -0.497 e. The minimum atomic E-state index is -0.338. The fourth-order valence-corrected chi connectivity index (χ4v) is 5.17. The molecule has 0 saturated carbocycles. The van der Waals surface area contributed by atoms with Crippen molar-refractivity contribution < 1.29 is 9.47 Å². The summed E-state index contributed by atoms with van der Waals surface area (Å²) in [6, 6.07) is 16.2. The highest BCUT2D eigenvalue weighted by molar-refractivity contribution is 9.11. The number of pyridine rings is 1. The molecule has 3 aromatic rings. The SMILES string of the molecule is COc1ccc(C2=NN3[C@H](C2)c2cc(Br)cc(Br)c2O[C@H]3c2cccnc2)cc1. The van der Waals surface area contributed by atoms with Gasteiger partial charge in [-0.25, -0.2) is 5.01 Å². The number of fused-ring (bicyclic) bond motifs is 3. The van der Waals surface area contributed by atoms with Crippen LogP contribution in [0.4, 0.5) is 0 Å². The highest BCUT2D eigenvalue weighted by Crippen LogP contribution is 2.50. The maximum atomic E-state index is 6.43. The Bertz CT molecular complexity index is 1090. The van der Waals surface area contributed by atoms with E-state index in [1.807, 2.05) is 48.7 Å². The molecule has 3 heterocycles. The zero-order chi connectivity index (χ0) is 20.0. The zero-order valence-electron chi connectivity index (χ0n) is 15.5. The molecule has 0 spiro atoms. The Morgan fingerprint density at radius 3 is 2.69 bits per heavy atom. The van der Waals surface area contributed by atoms with Gasteiger partial charge in [-0.05, 0) is 64.0 Å². The predicted octanol–water partition coefficient (Wildman–Crippen LogP) is 5.86. The number of hydrogen-bond donors (Lipinski definition) is 0. The molecule has 0 N–H and O–H groups in total. The van der Waals surface area contributed by atoms with Crippen LogP contribution in [0.25, 0.3) is 0 Å². The summed E-state index contributed by atoms with van der Waals surface area (Å²) in [5.41, 5.74) is 4.19. The Morgan fingerprint density at radius 1 is 1.14 bits per heavy atom. The number of benzene rings is 2. The topological polar surface area (TPSA) is 47.0 Å². The van der Waals surface area contributed by atoms with Crippen LogP contribution in [-0.2, 0) is 0 Å². The van der Waals surface area contributed by atoms with Crippen LogP contribution in [0, 0.1) is 0 Å². The Morgan fingerprint density at radius 2 is 1.97 bits per heavy atom. The molecule has 2 aliphatic heterocycles. The van der Waals surface area contributed by atoms with Gasteiger partial charge in [0.25, 0.3) is 0 Å². The molecule has 2 aliphatic rings. The van der Waals surface area contributed by atoms with Gasteiger partial charge in [-0.2, -0.15) is 5.10 Å². The Kier molecular flexibility index (Phi) is 4.80. The lowest BCUT2D eigenvalue weighted by Crippen LogP contribution is -2.34. The lowest BCUT2D eigenvalue weighted by Gasteiger charge is -2.38. The molecule has 2 atom stereocenters. The van der Waals surface area contributed by atoms with Crippen molar-refractivity contribution in [3.8, 4) is 11.5 Å². The van der Waals surface area contributed by atoms with Crippen LogP contribution < -0.4 is 9.47 Å². The Hall–Kier alpha value is -2.38. The summed E-state index contributed by atoms with van der Waals surface area (Å²) >= 11 is 7.27. The maximum absolute atomic E-state index is 6.43. The first-order valence-corrected chi connectivity index (χ1v) is 10.8. The second-order valence-corrected chi connectivity index (χ2v) is 8.71. The number of rotatable bonds is 3. The molecule has 1 aromatic heterocycles. The number of methoxy groups -OCH3 is 1. The first-order valence-electron chi connectivity index (χ1n) is 9.20. The van der Waals surface area contributed by atoms with E-state index in [0.717, 1.165) is 49.3 Å². The van der Waals surface area contributed by atoms with Gasteiger partial charge in [-0.3, -0.25) is 4.98 Å². The van der Waals surface area contributed by atoms with Gasteiger partial charge in [0.2, 0.25) is 6.23 Å². The van der Waals surface area contributed by atoms with Gasteiger partial charge in [0.05, 0.1) is 23.3 Å². The fourth-order valence-electron chi connectivity index (χ4n) is 3.81. The predicted molar refractivity (Wildman–Crippen MR) is 118 cm³/mol. The zero-order valence-corrected chi connectivity index (χ0v) is 18.7. The summed E-state index contributed by atoms with van der Waals surface area (Å²) < 4.78 is 13.6. The van der Waals surface area contributed by atoms with Gasteiger partial charge in [-0.1, -0.05) is 22.0 Å². The van der Waals surface area contributed by atoms with E-state index in [9.17, 15) is 0 Å². The van der Waals surface area contributed by atoms with Gasteiger partial charge < -0.3 is 9.47 Å². The van der Waals surface area contributed by atoms with Crippen molar-refractivity contribution in [1.82, 2.24) is 9.99 Å². The van der Waals surface area contributed by atoms with E-state index in [2.05, 4.69) is 47.9 Å². The number of aromatic nitrogens is 1. The summed E-state index contributed by atoms with van der Waals surface area (Å²) in [4.78, 5) is 4.27. The average molecular weight is 515 g/mol. The first kappa shape index (κ1) is 18.6. The van der Waals surface area contributed by atoms with E-state index < -0.39 is 0 Å². The quantitative estimate of drug-likeness (QED) is 0.439. The summed E-state index contributed by atoms with van der Waals surface area (Å²) in [7, 11) is 1.67. The largest absolute Gasteiger partial charge is 0.497 e. The third-order valence-corrected chi connectivity index (χ3v) is 6.25. The lowest BCUT2D eigenvalue weighted by molar-refractivity contribution is -0.0199. The van der Waals surface area contributed by atoms with Gasteiger partial charge in [0, 0.05) is 34.4 Å². The van der Waals surface area contributed by atoms with Crippen molar-refractivity contribution in [3.63, 3.8) is 0 Å². The number of hydrazone groups is 1. The average Bonchev–Trinajstić information content (AvgIpc) is 3.20. The molecular formula is C22H17Br2N3O2. The molecule has 29 heavy (non-hydrogen) atoms. The lowest BCUT2D eigenvalue weighted by atomic mass is 9.96. The number of ether oxygens (including phenoxy) is 2. The number of hydrogen-bond acceptors (Lipinski definition) is 5. The molecule has 146 valence electrons. The third-order valence-electron chi connectivity index (χ3n) is 5.20. The number of nitrogens with zero attached hydrogens (tertiary/aromatic N) is 3. The molecule has 5 rings (SSSR count). The highest BCUT2D eigenvalue weighted by atomic mass is 79.9. The first-order chi connectivity index (χ1) is 14.1. The van der Waals surface area contributed by atoms with Gasteiger partial charge in [0.15, 0.2) is 0 Å². The van der Waals surface area contributed by atoms with E-state index in [0.29, 0.717) is 0 Å². The van der Waals surface area contributed by atoms with Crippen LogP contribution in [0.3, 0.4) is 0 Å². The summed E-state index contributed by atoms with van der Waals surface area (Å²) in [6.45, 7) is 0.